The third-order valence-electron chi connectivity index (χ3n) is 1.29. The van der Waals surface area contributed by atoms with E-state index in [4.69, 9.17) is 50.1 Å². The van der Waals surface area contributed by atoms with Crippen LogP contribution in [0.1, 0.15) is 33.6 Å². The second kappa shape index (κ2) is 15.7. The fourth-order valence-corrected chi connectivity index (χ4v) is 0.714. The van der Waals surface area contributed by atoms with Crippen molar-refractivity contribution in [2.24, 2.45) is 0 Å². The lowest BCUT2D eigenvalue weighted by Crippen LogP contribution is -2.42. The van der Waals surface area contributed by atoms with Crippen LogP contribution in [-0.4, -0.2) is 77.2 Å². The van der Waals surface area contributed by atoms with Crippen LogP contribution < -0.4 is 0 Å². The van der Waals surface area contributed by atoms with Gasteiger partial charge in [-0.2, -0.15) is 0 Å². The third-order valence-corrected chi connectivity index (χ3v) is 1.29. The van der Waals surface area contributed by atoms with Crippen molar-refractivity contribution in [3.63, 3.8) is 0 Å². The van der Waals surface area contributed by atoms with Crippen molar-refractivity contribution >= 4 is 35.8 Å². The number of carboxylic acids is 6. The Balaban J connectivity index is -0.000000150. The SMILES string of the molecule is CC(=O)O.CC(=O)O.CC(=O)O.O=C(O)CC(O)(CC(=O)O)C(=O)O. The molecule has 0 saturated heterocycles. The Kier molecular flexibility index (Phi) is 18.6. The maximum Gasteiger partial charge on any atom is 0.336 e. The van der Waals surface area contributed by atoms with Crippen molar-refractivity contribution in [2.75, 3.05) is 0 Å². The molecule has 146 valence electrons. The molecule has 0 atom stereocenters. The Morgan fingerprint density at radius 3 is 0.840 bits per heavy atom. The quantitative estimate of drug-likeness (QED) is 0.307. The maximum absolute atomic E-state index is 10.3. The minimum atomic E-state index is -2.74. The van der Waals surface area contributed by atoms with Gasteiger partial charge in [0, 0.05) is 20.8 Å². The molecule has 13 heteroatoms. The molecule has 0 heterocycles. The monoisotopic (exact) mass is 372 g/mol. The molecular weight excluding hydrogens is 352 g/mol. The van der Waals surface area contributed by atoms with Crippen LogP contribution in [0.5, 0.6) is 0 Å². The lowest BCUT2D eigenvalue weighted by molar-refractivity contribution is -0.170. The summed E-state index contributed by atoms with van der Waals surface area (Å²) < 4.78 is 0. The molecule has 0 unspecified atom stereocenters. The van der Waals surface area contributed by atoms with Crippen molar-refractivity contribution in [2.45, 2.75) is 39.2 Å². The van der Waals surface area contributed by atoms with E-state index in [9.17, 15) is 14.4 Å². The van der Waals surface area contributed by atoms with E-state index in [0.29, 0.717) is 0 Å². The van der Waals surface area contributed by atoms with Gasteiger partial charge in [-0.1, -0.05) is 0 Å². The Morgan fingerprint density at radius 1 is 0.600 bits per heavy atom. The van der Waals surface area contributed by atoms with Crippen molar-refractivity contribution in [1.29, 1.82) is 0 Å². The van der Waals surface area contributed by atoms with Crippen LogP contribution in [0.25, 0.3) is 0 Å². The van der Waals surface area contributed by atoms with Gasteiger partial charge in [-0.25, -0.2) is 4.79 Å². The third kappa shape index (κ3) is 44.9. The molecule has 0 amide bonds. The van der Waals surface area contributed by atoms with E-state index in [1.165, 1.54) is 0 Å². The zero-order valence-electron chi connectivity index (χ0n) is 13.5. The Bertz CT molecular complexity index is 423. The number of hydrogen-bond acceptors (Lipinski definition) is 7. The normalized spacial score (nSPS) is 8.64. The van der Waals surface area contributed by atoms with Gasteiger partial charge in [-0.15, -0.1) is 0 Å². The van der Waals surface area contributed by atoms with Crippen LogP contribution in [0, 0.1) is 0 Å². The first-order valence-corrected chi connectivity index (χ1v) is 5.95. The van der Waals surface area contributed by atoms with Crippen molar-refractivity contribution < 1.29 is 64.5 Å². The zero-order valence-corrected chi connectivity index (χ0v) is 13.5. The highest BCUT2D eigenvalue weighted by atomic mass is 16.4. The number of rotatable bonds is 5. The number of aliphatic hydroxyl groups is 1. The first-order valence-electron chi connectivity index (χ1n) is 5.95. The van der Waals surface area contributed by atoms with Crippen molar-refractivity contribution in [3.8, 4) is 0 Å². The second-order valence-corrected chi connectivity index (χ2v) is 4.03. The molecule has 0 aliphatic carbocycles. The van der Waals surface area contributed by atoms with Crippen LogP contribution in [0.4, 0.5) is 0 Å². The second-order valence-electron chi connectivity index (χ2n) is 4.03. The van der Waals surface area contributed by atoms with Gasteiger partial charge in [0.25, 0.3) is 17.9 Å². The predicted molar refractivity (Wildman–Crippen MR) is 77.0 cm³/mol. The molecule has 0 spiro atoms. The fraction of sp³-hybridized carbons (Fsp3) is 0.500. The summed E-state index contributed by atoms with van der Waals surface area (Å²) in [4.78, 5) is 57.5. The minimum absolute atomic E-state index is 0.833. The number of carboxylic acid groups (broad SMARTS) is 6. The van der Waals surface area contributed by atoms with Gasteiger partial charge < -0.3 is 35.7 Å². The molecule has 0 aliphatic rings. The molecule has 0 aromatic carbocycles. The minimum Gasteiger partial charge on any atom is -0.481 e. The molecule has 0 aromatic heterocycles. The summed E-state index contributed by atoms with van der Waals surface area (Å²) in [5.74, 6) is -7.52. The Labute approximate surface area is 140 Å². The molecular formula is C12H20O13. The molecule has 0 bridgehead atoms. The highest BCUT2D eigenvalue weighted by Crippen LogP contribution is 2.15. The Hall–Kier alpha value is -3.22. The fourth-order valence-electron chi connectivity index (χ4n) is 0.714. The highest BCUT2D eigenvalue weighted by molar-refractivity contribution is 5.88. The molecule has 0 rings (SSSR count). The molecule has 7 N–H and O–H groups in total. The van der Waals surface area contributed by atoms with Crippen LogP contribution in [-0.2, 0) is 28.8 Å². The van der Waals surface area contributed by atoms with Crippen LogP contribution in [0.15, 0.2) is 0 Å². The zero-order chi connectivity index (χ0) is 21.4. The summed E-state index contributed by atoms with van der Waals surface area (Å²) in [6.07, 6.45) is -2.29. The number of aliphatic carboxylic acids is 6. The lowest BCUT2D eigenvalue weighted by atomic mass is 9.96. The average Bonchev–Trinajstić information content (AvgIpc) is 2.22. The summed E-state index contributed by atoms with van der Waals surface area (Å²) in [5, 5.41) is 56.1. The van der Waals surface area contributed by atoms with Crippen molar-refractivity contribution in [1.82, 2.24) is 0 Å². The smallest absolute Gasteiger partial charge is 0.336 e. The summed E-state index contributed by atoms with van der Waals surface area (Å²) in [5.41, 5.74) is -2.74. The molecule has 13 nitrogen and oxygen atoms in total. The summed E-state index contributed by atoms with van der Waals surface area (Å²) in [6, 6.07) is 0. The predicted octanol–water partition coefficient (Wildman–Crippen LogP) is -0.976. The van der Waals surface area contributed by atoms with E-state index in [2.05, 4.69) is 0 Å². The van der Waals surface area contributed by atoms with Crippen LogP contribution in [0.3, 0.4) is 0 Å². The Morgan fingerprint density at radius 2 is 0.760 bits per heavy atom. The number of carbonyl (C=O) groups is 6. The van der Waals surface area contributed by atoms with Crippen molar-refractivity contribution in [3.05, 3.63) is 0 Å². The van der Waals surface area contributed by atoms with Crippen LogP contribution >= 0.6 is 0 Å². The summed E-state index contributed by atoms with van der Waals surface area (Å²) >= 11 is 0. The van der Waals surface area contributed by atoms with E-state index < -0.39 is 54.3 Å². The maximum atomic E-state index is 10.3. The highest BCUT2D eigenvalue weighted by Gasteiger charge is 2.40. The topological polar surface area (TPSA) is 244 Å². The standard InChI is InChI=1S/C6H8O7.3C2H4O2/c7-3(8)1-6(13,5(11)12)2-4(9)10;3*1-2(3)4/h13H,1-2H2,(H,7,8)(H,9,10)(H,11,12);3*1H3,(H,3,4). The average molecular weight is 372 g/mol. The largest absolute Gasteiger partial charge is 0.481 e. The van der Waals surface area contributed by atoms with Gasteiger partial charge in [0.05, 0.1) is 12.8 Å². The molecule has 0 aromatic rings. The van der Waals surface area contributed by atoms with Gasteiger partial charge in [0.15, 0.2) is 5.60 Å². The summed E-state index contributed by atoms with van der Waals surface area (Å²) in [7, 11) is 0. The molecule has 0 saturated carbocycles. The van der Waals surface area contributed by atoms with Gasteiger partial charge in [0.1, 0.15) is 0 Å². The van der Waals surface area contributed by atoms with E-state index in [1.54, 1.807) is 0 Å². The molecule has 0 aliphatic heterocycles. The van der Waals surface area contributed by atoms with E-state index >= 15 is 0 Å². The first kappa shape index (κ1) is 29.7. The molecule has 0 radical (unpaired) electrons. The van der Waals surface area contributed by atoms with E-state index in [1.807, 2.05) is 0 Å². The first-order chi connectivity index (χ1) is 11.0. The van der Waals surface area contributed by atoms with Gasteiger partial charge >= 0.3 is 17.9 Å². The number of hydrogen-bond donors (Lipinski definition) is 7. The van der Waals surface area contributed by atoms with Gasteiger partial charge in [0.2, 0.25) is 0 Å². The lowest BCUT2D eigenvalue weighted by Gasteiger charge is -2.18. The van der Waals surface area contributed by atoms with Crippen LogP contribution in [0.2, 0.25) is 0 Å². The van der Waals surface area contributed by atoms with E-state index in [-0.39, 0.29) is 0 Å². The molecule has 25 heavy (non-hydrogen) atoms. The molecule has 0 fully saturated rings. The van der Waals surface area contributed by atoms with Gasteiger partial charge in [-0.3, -0.25) is 24.0 Å². The van der Waals surface area contributed by atoms with E-state index in [0.717, 1.165) is 20.8 Å². The summed E-state index contributed by atoms with van der Waals surface area (Å²) in [6.45, 7) is 3.25. The van der Waals surface area contributed by atoms with Gasteiger partial charge in [-0.05, 0) is 0 Å².